The molecule has 2 N–H and O–H groups in total. The number of fused-ring (bicyclic) bond motifs is 1. The molecule has 0 bridgehead atoms. The summed E-state index contributed by atoms with van der Waals surface area (Å²) in [7, 11) is 1.65. The van der Waals surface area contributed by atoms with Crippen LogP contribution in [0.4, 0.5) is 0 Å². The molecule has 1 aliphatic rings. The summed E-state index contributed by atoms with van der Waals surface area (Å²) in [5.74, 6) is 0.577. The molecule has 0 atom stereocenters. The standard InChI is InChI=1S/C16H14N6O2/c1-22-8-10(7-17-16(22)24)15-18-12-3-2-9(6-13(12)19-15)11-4-5-14(23)21-20-11/h2-3,6-8H,4-5H2,1H3,(H,18,19)(H,21,23). The Hall–Kier alpha value is -3.29. The normalized spacial score (nSPS) is 14.5. The highest BCUT2D eigenvalue weighted by atomic mass is 16.2. The van der Waals surface area contributed by atoms with Crippen molar-refractivity contribution in [2.75, 3.05) is 0 Å². The average molecular weight is 322 g/mol. The van der Waals surface area contributed by atoms with E-state index in [1.807, 2.05) is 18.2 Å². The van der Waals surface area contributed by atoms with Crippen LogP contribution in [0.1, 0.15) is 18.4 Å². The van der Waals surface area contributed by atoms with Crippen molar-refractivity contribution in [2.24, 2.45) is 12.1 Å². The third-order valence-corrected chi connectivity index (χ3v) is 3.94. The molecule has 1 aromatic carbocycles. The number of carbonyl (C=O) groups excluding carboxylic acids is 1. The molecule has 3 aromatic rings. The minimum atomic E-state index is -0.311. The van der Waals surface area contributed by atoms with Crippen molar-refractivity contribution in [3.05, 3.63) is 46.6 Å². The lowest BCUT2D eigenvalue weighted by atomic mass is 10.0. The van der Waals surface area contributed by atoms with Crippen molar-refractivity contribution in [1.82, 2.24) is 24.9 Å². The van der Waals surface area contributed by atoms with Crippen LogP contribution in [0.3, 0.4) is 0 Å². The number of benzene rings is 1. The van der Waals surface area contributed by atoms with Gasteiger partial charge in [-0.2, -0.15) is 5.10 Å². The summed E-state index contributed by atoms with van der Waals surface area (Å²) >= 11 is 0. The van der Waals surface area contributed by atoms with Crippen LogP contribution in [-0.2, 0) is 11.8 Å². The molecule has 0 saturated heterocycles. The molecule has 2 aromatic heterocycles. The van der Waals surface area contributed by atoms with Crippen LogP contribution in [0.25, 0.3) is 22.4 Å². The summed E-state index contributed by atoms with van der Waals surface area (Å²) < 4.78 is 1.41. The lowest BCUT2D eigenvalue weighted by Gasteiger charge is -2.11. The molecule has 1 amide bonds. The Labute approximate surface area is 136 Å². The van der Waals surface area contributed by atoms with Gasteiger partial charge in [-0.3, -0.25) is 4.79 Å². The van der Waals surface area contributed by atoms with Gasteiger partial charge < -0.3 is 9.55 Å². The van der Waals surface area contributed by atoms with E-state index < -0.39 is 0 Å². The van der Waals surface area contributed by atoms with Gasteiger partial charge in [0.05, 0.1) is 22.3 Å². The monoisotopic (exact) mass is 322 g/mol. The van der Waals surface area contributed by atoms with E-state index in [4.69, 9.17) is 0 Å². The first kappa shape index (κ1) is 14.3. The predicted octanol–water partition coefficient (Wildman–Crippen LogP) is 0.938. The third-order valence-electron chi connectivity index (χ3n) is 3.94. The van der Waals surface area contributed by atoms with Crippen LogP contribution in [0, 0.1) is 0 Å². The summed E-state index contributed by atoms with van der Waals surface area (Å²) in [6.45, 7) is 0. The van der Waals surface area contributed by atoms with Gasteiger partial charge >= 0.3 is 5.69 Å². The fourth-order valence-electron chi connectivity index (χ4n) is 2.64. The number of aromatic amines is 1. The first-order chi connectivity index (χ1) is 11.6. The van der Waals surface area contributed by atoms with Crippen LogP contribution < -0.4 is 11.1 Å². The average Bonchev–Trinajstić information content (AvgIpc) is 3.01. The Balaban J connectivity index is 1.74. The molecule has 1 aliphatic heterocycles. The maximum Gasteiger partial charge on any atom is 0.347 e. The summed E-state index contributed by atoms with van der Waals surface area (Å²) in [5.41, 5.74) is 6.36. The van der Waals surface area contributed by atoms with Crippen LogP contribution in [-0.4, -0.2) is 31.1 Å². The Kier molecular flexibility index (Phi) is 3.23. The number of hydrogen-bond acceptors (Lipinski definition) is 5. The summed E-state index contributed by atoms with van der Waals surface area (Å²) in [5, 5.41) is 4.10. The molecular formula is C16H14N6O2. The molecule has 0 fully saturated rings. The van der Waals surface area contributed by atoms with E-state index in [1.54, 1.807) is 13.2 Å². The smallest absolute Gasteiger partial charge is 0.338 e. The summed E-state index contributed by atoms with van der Waals surface area (Å²) in [4.78, 5) is 34.2. The van der Waals surface area contributed by atoms with Crippen molar-refractivity contribution >= 4 is 22.7 Å². The van der Waals surface area contributed by atoms with Crippen molar-refractivity contribution in [2.45, 2.75) is 12.8 Å². The lowest BCUT2D eigenvalue weighted by molar-refractivity contribution is -0.121. The number of nitrogens with zero attached hydrogens (tertiary/aromatic N) is 4. The van der Waals surface area contributed by atoms with Crippen molar-refractivity contribution in [3.63, 3.8) is 0 Å². The van der Waals surface area contributed by atoms with Crippen LogP contribution >= 0.6 is 0 Å². The SMILES string of the molecule is Cn1cc(-c2nc3cc(C4=NNC(=O)CC4)ccc3[nH]2)cnc1=O. The second-order valence-electron chi connectivity index (χ2n) is 5.65. The predicted molar refractivity (Wildman–Crippen MR) is 88.5 cm³/mol. The molecule has 3 heterocycles. The molecule has 8 heteroatoms. The lowest BCUT2D eigenvalue weighted by Crippen LogP contribution is -2.25. The van der Waals surface area contributed by atoms with Crippen LogP contribution in [0.5, 0.6) is 0 Å². The molecule has 8 nitrogen and oxygen atoms in total. The van der Waals surface area contributed by atoms with E-state index in [0.29, 0.717) is 18.7 Å². The maximum absolute atomic E-state index is 11.4. The van der Waals surface area contributed by atoms with Gasteiger partial charge in [0.25, 0.3) is 0 Å². The van der Waals surface area contributed by atoms with Gasteiger partial charge in [-0.15, -0.1) is 0 Å². The molecule has 4 rings (SSSR count). The number of carbonyl (C=O) groups is 1. The van der Waals surface area contributed by atoms with E-state index in [-0.39, 0.29) is 11.6 Å². The zero-order valence-corrected chi connectivity index (χ0v) is 12.9. The highest BCUT2D eigenvalue weighted by Crippen LogP contribution is 2.21. The van der Waals surface area contributed by atoms with Gasteiger partial charge in [-0.05, 0) is 12.1 Å². The quantitative estimate of drug-likeness (QED) is 0.732. The first-order valence-corrected chi connectivity index (χ1v) is 7.49. The van der Waals surface area contributed by atoms with Crippen molar-refractivity contribution in [1.29, 1.82) is 0 Å². The second-order valence-corrected chi connectivity index (χ2v) is 5.65. The minimum absolute atomic E-state index is 0.0657. The van der Waals surface area contributed by atoms with E-state index in [1.165, 1.54) is 10.8 Å². The number of hydrazone groups is 1. The van der Waals surface area contributed by atoms with Gasteiger partial charge in [0.1, 0.15) is 5.82 Å². The van der Waals surface area contributed by atoms with Crippen LogP contribution in [0.15, 0.2) is 40.5 Å². The molecule has 120 valence electrons. The fourth-order valence-corrected chi connectivity index (χ4v) is 2.64. The third kappa shape index (κ3) is 2.47. The molecule has 0 aliphatic carbocycles. The highest BCUT2D eigenvalue weighted by molar-refractivity contribution is 6.05. The van der Waals surface area contributed by atoms with Gasteiger partial charge in [-0.1, -0.05) is 6.07 Å². The molecule has 0 saturated carbocycles. The largest absolute Gasteiger partial charge is 0.347 e. The van der Waals surface area contributed by atoms with Gasteiger partial charge in [0.15, 0.2) is 0 Å². The Morgan fingerprint density at radius 3 is 2.79 bits per heavy atom. The number of rotatable bonds is 2. The van der Waals surface area contributed by atoms with Crippen molar-refractivity contribution in [3.8, 4) is 11.4 Å². The number of nitrogens with one attached hydrogen (secondary N) is 2. The fraction of sp³-hybridized carbons (Fsp3) is 0.188. The summed E-state index contributed by atoms with van der Waals surface area (Å²) in [6, 6.07) is 5.80. The Morgan fingerprint density at radius 1 is 1.17 bits per heavy atom. The number of H-pyrrole nitrogens is 1. The maximum atomic E-state index is 11.4. The van der Waals surface area contributed by atoms with Gasteiger partial charge in [0, 0.05) is 37.8 Å². The van der Waals surface area contributed by atoms with Gasteiger partial charge in [-0.25, -0.2) is 20.2 Å². The first-order valence-electron chi connectivity index (χ1n) is 7.49. The minimum Gasteiger partial charge on any atom is -0.338 e. The number of aromatic nitrogens is 4. The zero-order chi connectivity index (χ0) is 16.7. The topological polar surface area (TPSA) is 105 Å². The Morgan fingerprint density at radius 2 is 2.04 bits per heavy atom. The molecule has 0 radical (unpaired) electrons. The molecule has 0 unspecified atom stereocenters. The zero-order valence-electron chi connectivity index (χ0n) is 12.9. The number of imidazole rings is 1. The highest BCUT2D eigenvalue weighted by Gasteiger charge is 2.14. The number of aryl methyl sites for hydroxylation is 1. The molecule has 0 spiro atoms. The molecule has 24 heavy (non-hydrogen) atoms. The van der Waals surface area contributed by atoms with Gasteiger partial charge in [0.2, 0.25) is 5.91 Å². The van der Waals surface area contributed by atoms with E-state index in [9.17, 15) is 9.59 Å². The van der Waals surface area contributed by atoms with E-state index >= 15 is 0 Å². The van der Waals surface area contributed by atoms with Crippen LogP contribution in [0.2, 0.25) is 0 Å². The Bertz CT molecular complexity index is 1050. The molecular weight excluding hydrogens is 308 g/mol. The van der Waals surface area contributed by atoms with Crippen molar-refractivity contribution < 1.29 is 4.79 Å². The second kappa shape index (κ2) is 5.41. The number of amides is 1. The summed E-state index contributed by atoms with van der Waals surface area (Å²) in [6.07, 6.45) is 4.24. The number of hydrogen-bond donors (Lipinski definition) is 2. The van der Waals surface area contributed by atoms with E-state index in [0.717, 1.165) is 27.9 Å². The van der Waals surface area contributed by atoms with E-state index in [2.05, 4.69) is 25.5 Å².